The molecule has 0 aliphatic carbocycles. The Morgan fingerprint density at radius 2 is 2.36 bits per heavy atom. The van der Waals surface area contributed by atoms with E-state index in [1.165, 1.54) is 6.92 Å². The highest BCUT2D eigenvalue weighted by Gasteiger charge is 2.09. The average Bonchev–Trinajstić information content (AvgIpc) is 1.85. The molecule has 0 radical (unpaired) electrons. The lowest BCUT2D eigenvalue weighted by Gasteiger charge is -1.92. The average molecular weight is 155 g/mol. The smallest absolute Gasteiger partial charge is 0.304 e. The van der Waals surface area contributed by atoms with Gasteiger partial charge in [-0.2, -0.15) is 4.98 Å². The van der Waals surface area contributed by atoms with Crippen LogP contribution >= 0.6 is 0 Å². The van der Waals surface area contributed by atoms with Crippen LogP contribution < -0.4 is 5.69 Å². The molecule has 0 bridgehead atoms. The monoisotopic (exact) mass is 155 g/mol. The van der Waals surface area contributed by atoms with E-state index >= 15 is 0 Å². The van der Waals surface area contributed by atoms with Gasteiger partial charge in [-0.15, -0.1) is 0 Å². The van der Waals surface area contributed by atoms with Crippen molar-refractivity contribution in [3.05, 3.63) is 32.5 Å². The molecule has 0 spiro atoms. The zero-order valence-corrected chi connectivity index (χ0v) is 5.70. The normalized spacial score (nSPS) is 9.55. The van der Waals surface area contributed by atoms with E-state index in [1.807, 2.05) is 0 Å². The van der Waals surface area contributed by atoms with Gasteiger partial charge in [-0.1, -0.05) is 0 Å². The Bertz CT molecular complexity index is 343. The molecule has 0 amide bonds. The van der Waals surface area contributed by atoms with Crippen molar-refractivity contribution in [1.29, 1.82) is 0 Å². The second-order valence-corrected chi connectivity index (χ2v) is 1.96. The molecule has 58 valence electrons. The van der Waals surface area contributed by atoms with Gasteiger partial charge in [0.25, 0.3) is 0 Å². The fourth-order valence-corrected chi connectivity index (χ4v) is 0.657. The van der Waals surface area contributed by atoms with Crippen molar-refractivity contribution >= 4 is 5.69 Å². The van der Waals surface area contributed by atoms with Crippen molar-refractivity contribution in [1.82, 2.24) is 9.97 Å². The van der Waals surface area contributed by atoms with Gasteiger partial charge in [0.05, 0.1) is 10.6 Å². The highest BCUT2D eigenvalue weighted by Crippen LogP contribution is 2.09. The van der Waals surface area contributed by atoms with Gasteiger partial charge in [-0.3, -0.25) is 10.1 Å². The van der Waals surface area contributed by atoms with Crippen molar-refractivity contribution in [2.75, 3.05) is 0 Å². The van der Waals surface area contributed by atoms with E-state index in [9.17, 15) is 14.9 Å². The molecule has 0 saturated carbocycles. The van der Waals surface area contributed by atoms with Crippen LogP contribution in [0.3, 0.4) is 0 Å². The number of rotatable bonds is 1. The first-order valence-corrected chi connectivity index (χ1v) is 2.81. The van der Waals surface area contributed by atoms with Crippen molar-refractivity contribution in [2.45, 2.75) is 6.92 Å². The van der Waals surface area contributed by atoms with E-state index in [0.29, 0.717) is 0 Å². The Labute approximate surface area is 61.1 Å². The summed E-state index contributed by atoms with van der Waals surface area (Å²) in [5, 5.41) is 10.2. The fourth-order valence-electron chi connectivity index (χ4n) is 0.657. The third kappa shape index (κ3) is 1.40. The molecule has 0 fully saturated rings. The number of hydrogen-bond acceptors (Lipinski definition) is 4. The van der Waals surface area contributed by atoms with Crippen LogP contribution in [0.1, 0.15) is 5.69 Å². The summed E-state index contributed by atoms with van der Waals surface area (Å²) in [7, 11) is 0. The van der Waals surface area contributed by atoms with Gasteiger partial charge in [0.2, 0.25) is 0 Å². The van der Waals surface area contributed by atoms with E-state index < -0.39 is 10.6 Å². The molecular formula is C5H5N3O3. The van der Waals surface area contributed by atoms with Crippen LogP contribution in [0.5, 0.6) is 0 Å². The molecule has 11 heavy (non-hydrogen) atoms. The highest BCUT2D eigenvalue weighted by atomic mass is 16.6. The SMILES string of the molecule is Cc1[nH]c(=O)ncc1[N+](=O)[O-]. The van der Waals surface area contributed by atoms with Crippen molar-refractivity contribution < 1.29 is 4.92 Å². The number of nitrogens with one attached hydrogen (secondary N) is 1. The highest BCUT2D eigenvalue weighted by molar-refractivity contribution is 5.29. The topological polar surface area (TPSA) is 88.9 Å². The number of nitro groups is 1. The van der Waals surface area contributed by atoms with Gasteiger partial charge in [0.1, 0.15) is 6.20 Å². The fraction of sp³-hybridized carbons (Fsp3) is 0.200. The number of hydrogen-bond donors (Lipinski definition) is 1. The van der Waals surface area contributed by atoms with Crippen LogP contribution in [0.25, 0.3) is 0 Å². The van der Waals surface area contributed by atoms with E-state index in [0.717, 1.165) is 6.20 Å². The molecule has 0 aliphatic heterocycles. The maximum absolute atomic E-state index is 10.5. The van der Waals surface area contributed by atoms with E-state index in [2.05, 4.69) is 9.97 Å². The van der Waals surface area contributed by atoms with Crippen LogP contribution in [0.4, 0.5) is 5.69 Å². The molecule has 1 aromatic rings. The molecule has 0 saturated heterocycles. The number of H-pyrrole nitrogens is 1. The number of aromatic nitrogens is 2. The first-order valence-electron chi connectivity index (χ1n) is 2.81. The summed E-state index contributed by atoms with van der Waals surface area (Å²) in [6.45, 7) is 1.45. The van der Waals surface area contributed by atoms with E-state index in [4.69, 9.17) is 0 Å². The second-order valence-electron chi connectivity index (χ2n) is 1.96. The summed E-state index contributed by atoms with van der Waals surface area (Å²) in [6.07, 6.45) is 0.939. The maximum atomic E-state index is 10.5. The summed E-state index contributed by atoms with van der Waals surface area (Å²) < 4.78 is 0. The molecule has 0 aliphatic rings. The molecule has 0 atom stereocenters. The van der Waals surface area contributed by atoms with Gasteiger partial charge in [-0.05, 0) is 6.92 Å². The lowest BCUT2D eigenvalue weighted by molar-refractivity contribution is -0.386. The summed E-state index contributed by atoms with van der Waals surface area (Å²) in [5.74, 6) is 0. The predicted octanol–water partition coefficient (Wildman–Crippen LogP) is -0.0135. The standard InChI is InChI=1S/C5H5N3O3/c1-3-4(8(10)11)2-6-5(9)7-3/h2H,1H3,(H,6,7,9). The Kier molecular flexibility index (Phi) is 1.67. The zero-order chi connectivity index (χ0) is 8.43. The summed E-state index contributed by atoms with van der Waals surface area (Å²) in [4.78, 5) is 25.5. The maximum Gasteiger partial charge on any atom is 0.345 e. The molecule has 1 heterocycles. The Balaban J connectivity index is 3.31. The van der Waals surface area contributed by atoms with E-state index in [1.54, 1.807) is 0 Å². The second kappa shape index (κ2) is 2.49. The van der Waals surface area contributed by atoms with Crippen molar-refractivity contribution in [3.63, 3.8) is 0 Å². The minimum atomic E-state index is -0.599. The number of aromatic amines is 1. The van der Waals surface area contributed by atoms with Crippen LogP contribution in [0.15, 0.2) is 11.0 Å². The number of aryl methyl sites for hydroxylation is 1. The van der Waals surface area contributed by atoms with Gasteiger partial charge in [0, 0.05) is 0 Å². The minimum Gasteiger partial charge on any atom is -0.304 e. The lowest BCUT2D eigenvalue weighted by atomic mass is 10.4. The van der Waals surface area contributed by atoms with Crippen LogP contribution in [-0.4, -0.2) is 14.9 Å². The third-order valence-electron chi connectivity index (χ3n) is 1.18. The predicted molar refractivity (Wildman–Crippen MR) is 36.2 cm³/mol. The molecule has 1 rings (SSSR count). The van der Waals surface area contributed by atoms with Crippen LogP contribution in [0.2, 0.25) is 0 Å². The summed E-state index contributed by atoms with van der Waals surface area (Å²) >= 11 is 0. The van der Waals surface area contributed by atoms with Gasteiger partial charge in [0.15, 0.2) is 0 Å². The molecule has 1 N–H and O–H groups in total. The van der Waals surface area contributed by atoms with Gasteiger partial charge < -0.3 is 4.98 Å². The molecule has 6 heteroatoms. The first kappa shape index (κ1) is 7.39. The molecule has 0 unspecified atom stereocenters. The van der Waals surface area contributed by atoms with Gasteiger partial charge in [-0.25, -0.2) is 4.79 Å². The largest absolute Gasteiger partial charge is 0.345 e. The first-order chi connectivity index (χ1) is 5.11. The zero-order valence-electron chi connectivity index (χ0n) is 5.70. The third-order valence-corrected chi connectivity index (χ3v) is 1.18. The molecule has 1 aromatic heterocycles. The summed E-state index contributed by atoms with van der Waals surface area (Å²) in [5.41, 5.74) is -0.535. The molecule has 0 aromatic carbocycles. The Morgan fingerprint density at radius 1 is 1.73 bits per heavy atom. The van der Waals surface area contributed by atoms with Crippen LogP contribution in [0, 0.1) is 17.0 Å². The van der Waals surface area contributed by atoms with Crippen molar-refractivity contribution in [2.24, 2.45) is 0 Å². The number of nitrogens with zero attached hydrogens (tertiary/aromatic N) is 2. The molecule has 6 nitrogen and oxygen atoms in total. The van der Waals surface area contributed by atoms with Crippen molar-refractivity contribution in [3.8, 4) is 0 Å². The minimum absolute atomic E-state index is 0.176. The Morgan fingerprint density at radius 3 is 2.82 bits per heavy atom. The summed E-state index contributed by atoms with van der Waals surface area (Å²) in [6, 6.07) is 0. The van der Waals surface area contributed by atoms with Crippen LogP contribution in [-0.2, 0) is 0 Å². The van der Waals surface area contributed by atoms with E-state index in [-0.39, 0.29) is 11.4 Å². The van der Waals surface area contributed by atoms with Gasteiger partial charge >= 0.3 is 11.4 Å². The quantitative estimate of drug-likeness (QED) is 0.456. The Hall–Kier alpha value is -1.72. The molecular weight excluding hydrogens is 150 g/mol. The lowest BCUT2D eigenvalue weighted by Crippen LogP contribution is -2.12.